The Labute approximate surface area is 115 Å². The summed E-state index contributed by atoms with van der Waals surface area (Å²) in [6.07, 6.45) is -4.61. The summed E-state index contributed by atoms with van der Waals surface area (Å²) >= 11 is 0. The number of rotatable bonds is 4. The van der Waals surface area contributed by atoms with E-state index < -0.39 is 32.3 Å². The van der Waals surface area contributed by atoms with Crippen molar-refractivity contribution in [3.8, 4) is 0 Å². The van der Waals surface area contributed by atoms with E-state index in [0.29, 0.717) is 6.07 Å². The molecule has 0 saturated heterocycles. The Morgan fingerprint density at radius 2 is 1.80 bits per heavy atom. The average molecular weight is 311 g/mol. The summed E-state index contributed by atoms with van der Waals surface area (Å²) in [6.45, 7) is 2.59. The number of hydrogen-bond donors (Lipinski definition) is 1. The Morgan fingerprint density at radius 1 is 1.25 bits per heavy atom. The van der Waals surface area contributed by atoms with Gasteiger partial charge >= 0.3 is 6.18 Å². The molecule has 0 fully saturated rings. The minimum absolute atomic E-state index is 0.231. The fourth-order valence-corrected chi connectivity index (χ4v) is 3.01. The van der Waals surface area contributed by atoms with Crippen molar-refractivity contribution in [2.75, 3.05) is 13.6 Å². The van der Waals surface area contributed by atoms with Gasteiger partial charge in [-0.05, 0) is 32.0 Å². The van der Waals surface area contributed by atoms with E-state index in [-0.39, 0.29) is 6.54 Å². The summed E-state index contributed by atoms with van der Waals surface area (Å²) in [7, 11) is -2.88. The van der Waals surface area contributed by atoms with Crippen LogP contribution in [-0.4, -0.2) is 37.0 Å². The Morgan fingerprint density at radius 3 is 2.25 bits per heavy atom. The third-order valence-electron chi connectivity index (χ3n) is 2.48. The SMILES string of the molecule is CN(CC(C)(C)O)S(=O)(=O)c1cccc(C(F)(F)F)c1. The van der Waals surface area contributed by atoms with E-state index in [1.807, 2.05) is 0 Å². The molecule has 0 atom stereocenters. The molecule has 0 aromatic heterocycles. The highest BCUT2D eigenvalue weighted by Gasteiger charge is 2.33. The quantitative estimate of drug-likeness (QED) is 0.926. The number of halogens is 3. The second-order valence-electron chi connectivity index (χ2n) is 5.10. The molecule has 1 N–H and O–H groups in total. The normalized spacial score (nSPS) is 13.8. The lowest BCUT2D eigenvalue weighted by atomic mass is 10.1. The summed E-state index contributed by atoms with van der Waals surface area (Å²) < 4.78 is 62.8. The lowest BCUT2D eigenvalue weighted by molar-refractivity contribution is -0.137. The Bertz CT molecular complexity index is 576. The van der Waals surface area contributed by atoms with E-state index in [2.05, 4.69) is 0 Å². The number of benzene rings is 1. The summed E-state index contributed by atoms with van der Waals surface area (Å²) in [5, 5.41) is 9.60. The highest BCUT2D eigenvalue weighted by Crippen LogP contribution is 2.31. The maximum Gasteiger partial charge on any atom is 0.416 e. The van der Waals surface area contributed by atoms with Gasteiger partial charge in [-0.25, -0.2) is 8.42 Å². The predicted octanol–water partition coefficient (Wildman–Crippen LogP) is 2.10. The Hall–Kier alpha value is -1.12. The monoisotopic (exact) mass is 311 g/mol. The van der Waals surface area contributed by atoms with E-state index in [1.54, 1.807) is 0 Å². The molecule has 0 unspecified atom stereocenters. The molecule has 0 spiro atoms. The van der Waals surface area contributed by atoms with Gasteiger partial charge in [0.2, 0.25) is 10.0 Å². The first-order valence-corrected chi connectivity index (χ1v) is 7.14. The van der Waals surface area contributed by atoms with Crippen LogP contribution in [0.5, 0.6) is 0 Å². The van der Waals surface area contributed by atoms with Crippen LogP contribution in [-0.2, 0) is 16.2 Å². The molecule has 0 heterocycles. The minimum Gasteiger partial charge on any atom is -0.389 e. The van der Waals surface area contributed by atoms with Gasteiger partial charge in [0, 0.05) is 13.6 Å². The van der Waals surface area contributed by atoms with E-state index >= 15 is 0 Å². The van der Waals surface area contributed by atoms with Gasteiger partial charge in [0.15, 0.2) is 0 Å². The second-order valence-corrected chi connectivity index (χ2v) is 7.14. The summed E-state index contributed by atoms with van der Waals surface area (Å²) in [6, 6.07) is 3.50. The molecule has 0 amide bonds. The minimum atomic E-state index is -4.61. The molecule has 20 heavy (non-hydrogen) atoms. The first kappa shape index (κ1) is 16.9. The van der Waals surface area contributed by atoms with E-state index in [9.17, 15) is 26.7 Å². The number of likely N-dealkylation sites (N-methyl/N-ethyl adjacent to an activating group) is 1. The van der Waals surface area contributed by atoms with Crippen LogP contribution in [0, 0.1) is 0 Å². The second kappa shape index (κ2) is 5.34. The van der Waals surface area contributed by atoms with Gasteiger partial charge in [0.25, 0.3) is 0 Å². The smallest absolute Gasteiger partial charge is 0.389 e. The van der Waals surface area contributed by atoms with Gasteiger partial charge in [-0.2, -0.15) is 17.5 Å². The zero-order valence-corrected chi connectivity index (χ0v) is 12.1. The standard InChI is InChI=1S/C12H16F3NO3S/c1-11(2,17)8-16(3)20(18,19)10-6-4-5-9(7-10)12(13,14)15/h4-7,17H,8H2,1-3H3. The first-order chi connectivity index (χ1) is 8.84. The Balaban J connectivity index is 3.17. The third-order valence-corrected chi connectivity index (χ3v) is 4.28. The van der Waals surface area contributed by atoms with Crippen LogP contribution >= 0.6 is 0 Å². The van der Waals surface area contributed by atoms with Crippen molar-refractivity contribution in [3.05, 3.63) is 29.8 Å². The van der Waals surface area contributed by atoms with Crippen LogP contribution in [0.3, 0.4) is 0 Å². The van der Waals surface area contributed by atoms with Gasteiger partial charge in [-0.3, -0.25) is 0 Å². The highest BCUT2D eigenvalue weighted by molar-refractivity contribution is 7.89. The molecule has 114 valence electrons. The van der Waals surface area contributed by atoms with Crippen molar-refractivity contribution in [1.29, 1.82) is 0 Å². The fraction of sp³-hybridized carbons (Fsp3) is 0.500. The van der Waals surface area contributed by atoms with Gasteiger partial charge in [0.05, 0.1) is 16.1 Å². The number of aliphatic hydroxyl groups is 1. The third kappa shape index (κ3) is 4.19. The van der Waals surface area contributed by atoms with Crippen LogP contribution < -0.4 is 0 Å². The predicted molar refractivity (Wildman–Crippen MR) is 67.6 cm³/mol. The van der Waals surface area contributed by atoms with E-state index in [4.69, 9.17) is 0 Å². The molecule has 0 radical (unpaired) electrons. The molecule has 1 aromatic carbocycles. The largest absolute Gasteiger partial charge is 0.416 e. The molecule has 1 rings (SSSR count). The summed E-state index contributed by atoms with van der Waals surface area (Å²) in [4.78, 5) is -0.459. The molecule has 4 nitrogen and oxygen atoms in total. The van der Waals surface area contributed by atoms with E-state index in [1.165, 1.54) is 20.9 Å². The number of alkyl halides is 3. The zero-order valence-electron chi connectivity index (χ0n) is 11.3. The molecular formula is C12H16F3NO3S. The van der Waals surface area contributed by atoms with Gasteiger partial charge in [-0.1, -0.05) is 6.07 Å². The molecular weight excluding hydrogens is 295 g/mol. The van der Waals surface area contributed by atoms with Gasteiger partial charge < -0.3 is 5.11 Å². The lowest BCUT2D eigenvalue weighted by Gasteiger charge is -2.25. The van der Waals surface area contributed by atoms with Crippen LogP contribution in [0.2, 0.25) is 0 Å². The maximum atomic E-state index is 12.6. The summed E-state index contributed by atoms with van der Waals surface area (Å²) in [5.74, 6) is 0. The topological polar surface area (TPSA) is 57.6 Å². The molecule has 0 aliphatic rings. The number of nitrogens with zero attached hydrogens (tertiary/aromatic N) is 1. The van der Waals surface area contributed by atoms with Crippen molar-refractivity contribution in [2.45, 2.75) is 30.5 Å². The highest BCUT2D eigenvalue weighted by atomic mass is 32.2. The Kier molecular flexibility index (Phi) is 4.52. The van der Waals surface area contributed by atoms with Crippen LogP contribution in [0.25, 0.3) is 0 Å². The van der Waals surface area contributed by atoms with E-state index in [0.717, 1.165) is 22.5 Å². The van der Waals surface area contributed by atoms with Crippen molar-refractivity contribution in [3.63, 3.8) is 0 Å². The molecule has 8 heteroatoms. The van der Waals surface area contributed by atoms with Crippen molar-refractivity contribution >= 4 is 10.0 Å². The average Bonchev–Trinajstić information content (AvgIpc) is 2.25. The van der Waals surface area contributed by atoms with Crippen LogP contribution in [0.4, 0.5) is 13.2 Å². The van der Waals surface area contributed by atoms with Crippen LogP contribution in [0.15, 0.2) is 29.2 Å². The fourth-order valence-electron chi connectivity index (χ4n) is 1.64. The first-order valence-electron chi connectivity index (χ1n) is 5.70. The molecule has 0 aliphatic heterocycles. The van der Waals surface area contributed by atoms with Crippen molar-refractivity contribution in [2.24, 2.45) is 0 Å². The zero-order chi connectivity index (χ0) is 15.8. The van der Waals surface area contributed by atoms with Crippen molar-refractivity contribution in [1.82, 2.24) is 4.31 Å². The van der Waals surface area contributed by atoms with Gasteiger partial charge in [-0.15, -0.1) is 0 Å². The summed E-state index contributed by atoms with van der Waals surface area (Å²) in [5.41, 5.74) is -2.32. The molecule has 0 bridgehead atoms. The lowest BCUT2D eigenvalue weighted by Crippen LogP contribution is -2.39. The molecule has 0 aliphatic carbocycles. The number of hydrogen-bond acceptors (Lipinski definition) is 3. The molecule has 0 saturated carbocycles. The molecule has 1 aromatic rings. The van der Waals surface area contributed by atoms with Crippen LogP contribution in [0.1, 0.15) is 19.4 Å². The number of sulfonamides is 1. The maximum absolute atomic E-state index is 12.6. The van der Waals surface area contributed by atoms with Gasteiger partial charge in [0.1, 0.15) is 0 Å². The van der Waals surface area contributed by atoms with Crippen molar-refractivity contribution < 1.29 is 26.7 Å².